The molecule has 0 radical (unpaired) electrons. The molecule has 1 fully saturated rings. The lowest BCUT2D eigenvalue weighted by molar-refractivity contribution is -0.110. The van der Waals surface area contributed by atoms with Crippen molar-refractivity contribution in [1.29, 1.82) is 0 Å². The number of aromatic amines is 1. The Labute approximate surface area is 205 Å². The number of nitrogens with zero attached hydrogens (tertiary/aromatic N) is 1. The van der Waals surface area contributed by atoms with Gasteiger partial charge in [-0.2, -0.15) is 0 Å². The highest BCUT2D eigenvalue weighted by Crippen LogP contribution is 2.35. The summed E-state index contributed by atoms with van der Waals surface area (Å²) in [5, 5.41) is 3.80. The molecule has 2 aliphatic rings. The molecule has 1 aromatic heterocycles. The van der Waals surface area contributed by atoms with Gasteiger partial charge in [0.05, 0.1) is 10.5 Å². The van der Waals surface area contributed by atoms with Gasteiger partial charge in [0.15, 0.2) is 0 Å². The fraction of sp³-hybridized carbons (Fsp3) is 0.346. The molecule has 2 aromatic carbocycles. The van der Waals surface area contributed by atoms with Gasteiger partial charge in [0.2, 0.25) is 10.0 Å². The van der Waals surface area contributed by atoms with Gasteiger partial charge in [0, 0.05) is 40.9 Å². The van der Waals surface area contributed by atoms with Gasteiger partial charge >= 0.3 is 0 Å². The van der Waals surface area contributed by atoms with Crippen LogP contribution in [0, 0.1) is 0 Å². The molecule has 0 aliphatic carbocycles. The second-order valence-electron chi connectivity index (χ2n) is 8.99. The molecule has 2 aliphatic heterocycles. The Hall–Kier alpha value is -3.14. The van der Waals surface area contributed by atoms with Gasteiger partial charge in [0.1, 0.15) is 12.4 Å². The van der Waals surface area contributed by atoms with Crippen LogP contribution in [0.3, 0.4) is 0 Å². The summed E-state index contributed by atoms with van der Waals surface area (Å²) < 4.78 is 33.7. The fourth-order valence-electron chi connectivity index (χ4n) is 4.55. The molecule has 3 N–H and O–H groups in total. The molecule has 8 nitrogen and oxygen atoms in total. The fourth-order valence-corrected chi connectivity index (χ4v) is 5.71. The van der Waals surface area contributed by atoms with Crippen molar-refractivity contribution in [2.75, 3.05) is 38.1 Å². The second kappa shape index (κ2) is 9.85. The van der Waals surface area contributed by atoms with Gasteiger partial charge in [-0.25, -0.2) is 13.1 Å². The quantitative estimate of drug-likeness (QED) is 0.393. The molecule has 3 heterocycles. The molecule has 1 saturated heterocycles. The molecule has 184 valence electrons. The van der Waals surface area contributed by atoms with Gasteiger partial charge in [-0.1, -0.05) is 6.92 Å². The van der Waals surface area contributed by atoms with E-state index in [1.54, 1.807) is 18.2 Å². The average molecular weight is 495 g/mol. The molecule has 0 atom stereocenters. The van der Waals surface area contributed by atoms with Gasteiger partial charge < -0.3 is 15.0 Å². The number of benzene rings is 2. The Kier molecular flexibility index (Phi) is 6.64. The zero-order valence-electron chi connectivity index (χ0n) is 19.8. The van der Waals surface area contributed by atoms with Crippen LogP contribution in [0.2, 0.25) is 0 Å². The molecule has 0 spiro atoms. The summed E-state index contributed by atoms with van der Waals surface area (Å²) in [6.45, 7) is 6.15. The minimum absolute atomic E-state index is 0.138. The molecule has 0 unspecified atom stereocenters. The van der Waals surface area contributed by atoms with E-state index in [2.05, 4.69) is 19.9 Å². The van der Waals surface area contributed by atoms with Crippen LogP contribution in [0.25, 0.3) is 22.6 Å². The lowest BCUT2D eigenvalue weighted by Crippen LogP contribution is -2.25. The van der Waals surface area contributed by atoms with E-state index < -0.39 is 10.0 Å². The van der Waals surface area contributed by atoms with Gasteiger partial charge in [0.25, 0.3) is 5.91 Å². The predicted octanol–water partition coefficient (Wildman–Crippen LogP) is 3.82. The molecular formula is C26H30N4O4S. The summed E-state index contributed by atoms with van der Waals surface area (Å²) in [5.74, 6) is 0.550. The van der Waals surface area contributed by atoms with E-state index in [9.17, 15) is 13.2 Å². The number of carbonyl (C=O) groups excluding carboxylic acids is 1. The lowest BCUT2D eigenvalue weighted by Gasteiger charge is -2.14. The van der Waals surface area contributed by atoms with Crippen molar-refractivity contribution >= 4 is 44.2 Å². The third-order valence-corrected chi connectivity index (χ3v) is 7.87. The number of rotatable bonds is 9. The number of anilines is 1. The average Bonchev–Trinajstić information content (AvgIpc) is 3.57. The first kappa shape index (κ1) is 23.6. The van der Waals surface area contributed by atoms with E-state index in [0.29, 0.717) is 36.4 Å². The van der Waals surface area contributed by atoms with Crippen molar-refractivity contribution < 1.29 is 17.9 Å². The van der Waals surface area contributed by atoms with E-state index in [4.69, 9.17) is 4.74 Å². The first-order valence-electron chi connectivity index (χ1n) is 12.1. The molecule has 5 rings (SSSR count). The van der Waals surface area contributed by atoms with Crippen LogP contribution in [0.5, 0.6) is 5.75 Å². The minimum atomic E-state index is -3.64. The number of aromatic nitrogens is 1. The highest BCUT2D eigenvalue weighted by atomic mass is 32.2. The Morgan fingerprint density at radius 3 is 2.74 bits per heavy atom. The SMILES string of the molecule is CCCNS(=O)(=O)c1ccc2c(c1)C(=Cc1cc3cc(OCCN4CCCC4)ccc3[nH]1)C(=O)N2. The number of amides is 1. The van der Waals surface area contributed by atoms with Crippen LogP contribution in [0.15, 0.2) is 47.4 Å². The van der Waals surface area contributed by atoms with Crippen molar-refractivity contribution in [3.05, 3.63) is 53.7 Å². The summed E-state index contributed by atoms with van der Waals surface area (Å²) in [6.07, 6.45) is 4.98. The van der Waals surface area contributed by atoms with Crippen LogP contribution in [0.4, 0.5) is 5.69 Å². The van der Waals surface area contributed by atoms with E-state index in [0.717, 1.165) is 42.0 Å². The summed E-state index contributed by atoms with van der Waals surface area (Å²) in [6, 6.07) is 12.5. The summed E-state index contributed by atoms with van der Waals surface area (Å²) in [5.41, 5.74) is 3.27. The Morgan fingerprint density at radius 2 is 1.94 bits per heavy atom. The van der Waals surface area contributed by atoms with E-state index in [1.807, 2.05) is 31.2 Å². The zero-order chi connectivity index (χ0) is 24.4. The topological polar surface area (TPSA) is 104 Å². The first-order valence-corrected chi connectivity index (χ1v) is 13.6. The van der Waals surface area contributed by atoms with Crippen molar-refractivity contribution in [2.45, 2.75) is 31.1 Å². The molecule has 9 heteroatoms. The van der Waals surface area contributed by atoms with E-state index in [1.165, 1.54) is 18.9 Å². The van der Waals surface area contributed by atoms with Gasteiger partial charge in [-0.3, -0.25) is 9.69 Å². The van der Waals surface area contributed by atoms with Crippen molar-refractivity contribution in [3.8, 4) is 5.75 Å². The number of ether oxygens (including phenoxy) is 1. The van der Waals surface area contributed by atoms with Crippen molar-refractivity contribution in [3.63, 3.8) is 0 Å². The number of fused-ring (bicyclic) bond motifs is 2. The molecular weight excluding hydrogens is 464 g/mol. The summed E-state index contributed by atoms with van der Waals surface area (Å²) in [7, 11) is -3.64. The summed E-state index contributed by atoms with van der Waals surface area (Å²) in [4.78, 5) is 18.6. The van der Waals surface area contributed by atoms with Crippen LogP contribution >= 0.6 is 0 Å². The first-order chi connectivity index (χ1) is 16.9. The Morgan fingerprint density at radius 1 is 1.11 bits per heavy atom. The van der Waals surface area contributed by atoms with Crippen molar-refractivity contribution in [1.82, 2.24) is 14.6 Å². The lowest BCUT2D eigenvalue weighted by atomic mass is 10.1. The van der Waals surface area contributed by atoms with E-state index >= 15 is 0 Å². The zero-order valence-corrected chi connectivity index (χ0v) is 20.6. The number of carbonyl (C=O) groups is 1. The largest absolute Gasteiger partial charge is 0.492 e. The number of sulfonamides is 1. The van der Waals surface area contributed by atoms with Gasteiger partial charge in [-0.15, -0.1) is 0 Å². The van der Waals surface area contributed by atoms with Crippen LogP contribution in [-0.2, 0) is 14.8 Å². The molecule has 35 heavy (non-hydrogen) atoms. The van der Waals surface area contributed by atoms with Crippen molar-refractivity contribution in [2.24, 2.45) is 0 Å². The maximum atomic E-state index is 12.7. The van der Waals surface area contributed by atoms with Crippen LogP contribution < -0.4 is 14.8 Å². The maximum Gasteiger partial charge on any atom is 0.256 e. The third-order valence-electron chi connectivity index (χ3n) is 6.41. The highest BCUT2D eigenvalue weighted by Gasteiger charge is 2.27. The monoisotopic (exact) mass is 494 g/mol. The number of nitrogens with one attached hydrogen (secondary N) is 3. The number of hydrogen-bond acceptors (Lipinski definition) is 5. The third kappa shape index (κ3) is 5.12. The Bertz CT molecular complexity index is 1390. The standard InChI is InChI=1S/C26H30N4O4S/c1-2-9-27-35(32,33)21-6-8-25-22(17-21)23(26(31)29-25)16-19-14-18-15-20(5-7-24(18)28-19)34-13-12-30-10-3-4-11-30/h5-8,14-17,27-28H,2-4,9-13H2,1H3,(H,29,31). The molecule has 0 saturated carbocycles. The highest BCUT2D eigenvalue weighted by molar-refractivity contribution is 7.89. The molecule has 3 aromatic rings. The maximum absolute atomic E-state index is 12.7. The molecule has 1 amide bonds. The molecule has 0 bridgehead atoms. The number of hydrogen-bond donors (Lipinski definition) is 3. The minimum Gasteiger partial charge on any atom is -0.492 e. The second-order valence-corrected chi connectivity index (χ2v) is 10.8. The van der Waals surface area contributed by atoms with Crippen LogP contribution in [-0.4, -0.2) is 57.0 Å². The Balaban J connectivity index is 1.37. The normalized spacial score (nSPS) is 17.3. The van der Waals surface area contributed by atoms with Gasteiger partial charge in [-0.05, 0) is 80.9 Å². The predicted molar refractivity (Wildman–Crippen MR) is 138 cm³/mol. The van der Waals surface area contributed by atoms with Crippen LogP contribution in [0.1, 0.15) is 37.4 Å². The number of likely N-dealkylation sites (tertiary alicyclic amines) is 1. The number of H-pyrrole nitrogens is 1. The van der Waals surface area contributed by atoms with E-state index in [-0.39, 0.29) is 10.8 Å². The smallest absolute Gasteiger partial charge is 0.256 e. The summed E-state index contributed by atoms with van der Waals surface area (Å²) >= 11 is 0.